The second-order valence-corrected chi connectivity index (χ2v) is 10.3. The van der Waals surface area contributed by atoms with Gasteiger partial charge in [-0.1, -0.05) is 56.3 Å². The molecule has 2 aromatic carbocycles. The second-order valence-electron chi connectivity index (χ2n) is 10.3. The molecule has 2 heterocycles. The molecule has 0 spiro atoms. The highest BCUT2D eigenvalue weighted by atomic mass is 16.5. The van der Waals surface area contributed by atoms with Crippen LogP contribution in [-0.2, 0) is 6.54 Å². The van der Waals surface area contributed by atoms with Crippen molar-refractivity contribution in [2.45, 2.75) is 59.6 Å². The molecule has 4 rings (SSSR count). The molecule has 1 aliphatic heterocycles. The first-order valence-electron chi connectivity index (χ1n) is 12.5. The number of aromatic nitrogens is 3. The van der Waals surface area contributed by atoms with E-state index in [0.29, 0.717) is 5.92 Å². The van der Waals surface area contributed by atoms with Crippen LogP contribution in [0.4, 0.5) is 0 Å². The molecular weight excluding hydrogens is 424 g/mol. The van der Waals surface area contributed by atoms with Crippen molar-refractivity contribution in [2.75, 3.05) is 19.7 Å². The Morgan fingerprint density at radius 3 is 2.71 bits per heavy atom. The maximum absolute atomic E-state index is 9.85. The smallest absolute Gasteiger partial charge is 0.124 e. The van der Waals surface area contributed by atoms with Gasteiger partial charge in [0.1, 0.15) is 11.4 Å². The third kappa shape index (κ3) is 5.68. The predicted octanol–water partition coefficient (Wildman–Crippen LogP) is 5.34. The average molecular weight is 463 g/mol. The van der Waals surface area contributed by atoms with Gasteiger partial charge in [0.15, 0.2) is 0 Å². The molecule has 0 saturated carbocycles. The Hall–Kier alpha value is -2.70. The molecule has 1 N–H and O–H groups in total. The summed E-state index contributed by atoms with van der Waals surface area (Å²) in [6, 6.07) is 16.4. The van der Waals surface area contributed by atoms with Gasteiger partial charge in [-0.05, 0) is 62.3 Å². The number of rotatable bonds is 9. The molecule has 0 radical (unpaired) electrons. The lowest BCUT2D eigenvalue weighted by Crippen LogP contribution is -2.42. The molecule has 182 valence electrons. The van der Waals surface area contributed by atoms with E-state index in [1.807, 2.05) is 36.5 Å². The first-order valence-corrected chi connectivity index (χ1v) is 12.5. The number of aliphatic hydroxyl groups is 1. The number of nitrogens with zero attached hydrogens (tertiary/aromatic N) is 4. The lowest BCUT2D eigenvalue weighted by Gasteiger charge is -2.41. The van der Waals surface area contributed by atoms with Crippen LogP contribution < -0.4 is 4.74 Å². The Balaban J connectivity index is 1.57. The van der Waals surface area contributed by atoms with Crippen LogP contribution in [0.15, 0.2) is 54.7 Å². The fourth-order valence-electron chi connectivity index (χ4n) is 4.56. The van der Waals surface area contributed by atoms with Crippen molar-refractivity contribution in [3.05, 3.63) is 60.3 Å². The molecule has 2 atom stereocenters. The summed E-state index contributed by atoms with van der Waals surface area (Å²) in [5.41, 5.74) is 3.96. The van der Waals surface area contributed by atoms with Crippen LogP contribution in [0.2, 0.25) is 0 Å². The van der Waals surface area contributed by atoms with Crippen molar-refractivity contribution in [2.24, 2.45) is 11.3 Å². The maximum atomic E-state index is 9.85. The highest BCUT2D eigenvalue weighted by Gasteiger charge is 2.33. The molecule has 34 heavy (non-hydrogen) atoms. The van der Waals surface area contributed by atoms with Gasteiger partial charge in [0.2, 0.25) is 0 Å². The standard InChI is InChI=1S/C28H38N4O2/c1-5-21(2)34-27-16-22(26-19-32(30-29-26)25-11-7-6-8-12-25)13-14-23(27)17-31-15-9-10-24(18-31)28(3,4)20-33/h6-8,11-14,16,19,21,24,33H,5,9-10,15,17-18,20H2,1-4H3/t21?,24-/m0/s1. The van der Waals surface area contributed by atoms with Crippen LogP contribution in [0.5, 0.6) is 5.75 Å². The number of para-hydroxylation sites is 1. The lowest BCUT2D eigenvalue weighted by molar-refractivity contribution is 0.0378. The normalized spacial score (nSPS) is 18.1. The fourth-order valence-corrected chi connectivity index (χ4v) is 4.56. The van der Waals surface area contributed by atoms with Crippen molar-refractivity contribution in [3.8, 4) is 22.7 Å². The van der Waals surface area contributed by atoms with Crippen LogP contribution in [0, 0.1) is 11.3 Å². The highest BCUT2D eigenvalue weighted by Crippen LogP contribution is 2.35. The summed E-state index contributed by atoms with van der Waals surface area (Å²) in [4.78, 5) is 2.51. The van der Waals surface area contributed by atoms with Crippen molar-refractivity contribution in [1.29, 1.82) is 0 Å². The first kappa shape index (κ1) is 24.4. The Morgan fingerprint density at radius 2 is 1.97 bits per heavy atom. The van der Waals surface area contributed by atoms with E-state index in [1.165, 1.54) is 12.0 Å². The summed E-state index contributed by atoms with van der Waals surface area (Å²) in [5, 5.41) is 18.6. The highest BCUT2D eigenvalue weighted by molar-refractivity contribution is 5.62. The number of ether oxygens (including phenoxy) is 1. The SMILES string of the molecule is CCC(C)Oc1cc(-c2cn(-c3ccccc3)nn2)ccc1CN1CCC[C@H](C(C)(C)CO)C1. The summed E-state index contributed by atoms with van der Waals surface area (Å²) in [7, 11) is 0. The number of aliphatic hydroxyl groups excluding tert-OH is 1. The predicted molar refractivity (Wildman–Crippen MR) is 136 cm³/mol. The topological polar surface area (TPSA) is 63.4 Å². The van der Waals surface area contributed by atoms with E-state index in [0.717, 1.165) is 55.2 Å². The average Bonchev–Trinajstić information content (AvgIpc) is 3.36. The van der Waals surface area contributed by atoms with Crippen LogP contribution in [0.1, 0.15) is 52.5 Å². The molecule has 1 aromatic heterocycles. The molecule has 1 fully saturated rings. The summed E-state index contributed by atoms with van der Waals surface area (Å²) >= 11 is 0. The van der Waals surface area contributed by atoms with E-state index in [-0.39, 0.29) is 18.1 Å². The minimum Gasteiger partial charge on any atom is -0.490 e. The van der Waals surface area contributed by atoms with E-state index in [1.54, 1.807) is 4.68 Å². The van der Waals surface area contributed by atoms with Crippen LogP contribution in [0.25, 0.3) is 16.9 Å². The van der Waals surface area contributed by atoms with E-state index >= 15 is 0 Å². The zero-order valence-corrected chi connectivity index (χ0v) is 20.9. The molecule has 0 amide bonds. The summed E-state index contributed by atoms with van der Waals surface area (Å²) < 4.78 is 8.18. The van der Waals surface area contributed by atoms with Crippen molar-refractivity contribution in [3.63, 3.8) is 0 Å². The Labute approximate surface area is 203 Å². The van der Waals surface area contributed by atoms with Gasteiger partial charge in [-0.25, -0.2) is 4.68 Å². The van der Waals surface area contributed by atoms with Gasteiger partial charge < -0.3 is 9.84 Å². The van der Waals surface area contributed by atoms with Crippen molar-refractivity contribution >= 4 is 0 Å². The molecule has 1 saturated heterocycles. The van der Waals surface area contributed by atoms with Crippen LogP contribution in [0.3, 0.4) is 0 Å². The number of piperidine rings is 1. The third-order valence-electron chi connectivity index (χ3n) is 7.19. The fraction of sp³-hybridized carbons (Fsp3) is 0.500. The number of hydrogen-bond donors (Lipinski definition) is 1. The molecule has 3 aromatic rings. The second kappa shape index (κ2) is 10.7. The largest absolute Gasteiger partial charge is 0.490 e. The molecule has 1 unspecified atom stereocenters. The zero-order chi connectivity index (χ0) is 24.1. The lowest BCUT2D eigenvalue weighted by atomic mass is 9.75. The van der Waals surface area contributed by atoms with Crippen molar-refractivity contribution in [1.82, 2.24) is 19.9 Å². The van der Waals surface area contributed by atoms with E-state index < -0.39 is 0 Å². The van der Waals surface area contributed by atoms with Gasteiger partial charge in [-0.15, -0.1) is 5.10 Å². The van der Waals surface area contributed by atoms with Crippen LogP contribution in [-0.4, -0.2) is 50.8 Å². The number of likely N-dealkylation sites (tertiary alicyclic amines) is 1. The quantitative estimate of drug-likeness (QED) is 0.465. The summed E-state index contributed by atoms with van der Waals surface area (Å²) in [6.07, 6.45) is 5.39. The maximum Gasteiger partial charge on any atom is 0.124 e. The van der Waals surface area contributed by atoms with E-state index in [2.05, 4.69) is 61.1 Å². The van der Waals surface area contributed by atoms with Gasteiger partial charge in [-0.2, -0.15) is 0 Å². The molecule has 0 aliphatic carbocycles. The minimum atomic E-state index is -0.0524. The van der Waals surface area contributed by atoms with Gasteiger partial charge in [0.25, 0.3) is 0 Å². The Kier molecular flexibility index (Phi) is 7.69. The van der Waals surface area contributed by atoms with Gasteiger partial charge in [-0.3, -0.25) is 4.90 Å². The summed E-state index contributed by atoms with van der Waals surface area (Å²) in [5.74, 6) is 1.42. The van der Waals surface area contributed by atoms with Crippen molar-refractivity contribution < 1.29 is 9.84 Å². The van der Waals surface area contributed by atoms with Gasteiger partial charge >= 0.3 is 0 Å². The van der Waals surface area contributed by atoms with Crippen LogP contribution >= 0.6 is 0 Å². The van der Waals surface area contributed by atoms with E-state index in [4.69, 9.17) is 4.74 Å². The molecule has 1 aliphatic rings. The number of hydrogen-bond acceptors (Lipinski definition) is 5. The monoisotopic (exact) mass is 462 g/mol. The van der Waals surface area contributed by atoms with E-state index in [9.17, 15) is 5.11 Å². The van der Waals surface area contributed by atoms with Gasteiger partial charge in [0.05, 0.1) is 18.0 Å². The molecule has 6 nitrogen and oxygen atoms in total. The number of benzene rings is 2. The minimum absolute atomic E-state index is 0.0524. The molecule has 6 heteroatoms. The third-order valence-corrected chi connectivity index (χ3v) is 7.19. The molecule has 0 bridgehead atoms. The Bertz CT molecular complexity index is 1060. The zero-order valence-electron chi connectivity index (χ0n) is 20.9. The first-order chi connectivity index (χ1) is 16.4. The molecular formula is C28H38N4O2. The Morgan fingerprint density at radius 1 is 1.18 bits per heavy atom. The summed E-state index contributed by atoms with van der Waals surface area (Å²) in [6.45, 7) is 11.8. The van der Waals surface area contributed by atoms with Gasteiger partial charge in [0, 0.05) is 30.8 Å².